The zero-order chi connectivity index (χ0) is 16.0. The third-order valence-electron chi connectivity index (χ3n) is 4.62. The van der Waals surface area contributed by atoms with E-state index in [1.165, 1.54) is 16.7 Å². The first-order chi connectivity index (χ1) is 11.3. The molecule has 0 spiro atoms. The number of hydrogen-bond acceptors (Lipinski definition) is 2. The van der Waals surface area contributed by atoms with E-state index in [1.807, 2.05) is 30.9 Å². The molecule has 0 radical (unpaired) electrons. The van der Waals surface area contributed by atoms with Gasteiger partial charge in [0.1, 0.15) is 0 Å². The molecule has 2 nitrogen and oxygen atoms in total. The second kappa shape index (κ2) is 7.19. The van der Waals surface area contributed by atoms with Gasteiger partial charge in [0.2, 0.25) is 0 Å². The van der Waals surface area contributed by atoms with Crippen molar-refractivity contribution >= 4 is 0 Å². The maximum Gasteiger partial charge on any atom is 0.0300 e. The Bertz CT molecular complexity index is 667. The molecule has 23 heavy (non-hydrogen) atoms. The second-order valence-corrected chi connectivity index (χ2v) is 6.07. The number of hydrogen-bond donors (Lipinski definition) is 0. The Labute approximate surface area is 138 Å². The molecule has 0 fully saturated rings. The highest BCUT2D eigenvalue weighted by Crippen LogP contribution is 2.35. The average Bonchev–Trinajstić information content (AvgIpc) is 2.63. The highest BCUT2D eigenvalue weighted by atomic mass is 14.6. The normalized spacial score (nSPS) is 13.4. The van der Waals surface area contributed by atoms with Crippen molar-refractivity contribution in [3.63, 3.8) is 0 Å². The van der Waals surface area contributed by atoms with E-state index in [9.17, 15) is 0 Å². The molecule has 0 aliphatic rings. The molecular formula is C21H22N2. The van der Waals surface area contributed by atoms with Gasteiger partial charge in [-0.3, -0.25) is 9.97 Å². The molecule has 0 saturated carbocycles. The SMILES string of the molecule is CCC(Cc1ccncc1)(Cc1cccnc1)c1ccccc1. The number of aromatic nitrogens is 2. The predicted molar refractivity (Wildman–Crippen MR) is 94.3 cm³/mol. The summed E-state index contributed by atoms with van der Waals surface area (Å²) in [6.45, 7) is 2.28. The van der Waals surface area contributed by atoms with Gasteiger partial charge in [0.25, 0.3) is 0 Å². The van der Waals surface area contributed by atoms with Crippen LogP contribution in [0.25, 0.3) is 0 Å². The van der Waals surface area contributed by atoms with E-state index in [2.05, 4.69) is 65.4 Å². The van der Waals surface area contributed by atoms with Crippen LogP contribution in [-0.2, 0) is 18.3 Å². The van der Waals surface area contributed by atoms with Crippen LogP contribution >= 0.6 is 0 Å². The lowest BCUT2D eigenvalue weighted by molar-refractivity contribution is 0.403. The molecule has 0 bridgehead atoms. The van der Waals surface area contributed by atoms with E-state index in [4.69, 9.17) is 0 Å². The largest absolute Gasteiger partial charge is 0.265 e. The molecule has 1 aromatic carbocycles. The van der Waals surface area contributed by atoms with Crippen molar-refractivity contribution in [3.05, 3.63) is 96.1 Å². The highest BCUT2D eigenvalue weighted by Gasteiger charge is 2.31. The van der Waals surface area contributed by atoms with Gasteiger partial charge in [-0.1, -0.05) is 43.3 Å². The molecule has 0 aliphatic carbocycles. The minimum Gasteiger partial charge on any atom is -0.265 e. The lowest BCUT2D eigenvalue weighted by Gasteiger charge is -2.34. The minimum atomic E-state index is 0.0750. The van der Waals surface area contributed by atoms with Crippen LogP contribution < -0.4 is 0 Å². The van der Waals surface area contributed by atoms with Gasteiger partial charge in [0.15, 0.2) is 0 Å². The van der Waals surface area contributed by atoms with Gasteiger partial charge in [-0.15, -0.1) is 0 Å². The number of nitrogens with zero attached hydrogens (tertiary/aromatic N) is 2. The predicted octanol–water partition coefficient (Wildman–Crippen LogP) is 4.61. The van der Waals surface area contributed by atoms with Crippen LogP contribution in [-0.4, -0.2) is 9.97 Å². The van der Waals surface area contributed by atoms with E-state index in [-0.39, 0.29) is 5.41 Å². The van der Waals surface area contributed by atoms with E-state index < -0.39 is 0 Å². The molecule has 116 valence electrons. The Hall–Kier alpha value is -2.48. The van der Waals surface area contributed by atoms with Crippen LogP contribution in [0.15, 0.2) is 79.4 Å². The third-order valence-corrected chi connectivity index (χ3v) is 4.62. The molecule has 0 saturated heterocycles. The molecule has 2 heterocycles. The van der Waals surface area contributed by atoms with Crippen LogP contribution in [0.4, 0.5) is 0 Å². The van der Waals surface area contributed by atoms with E-state index in [0.29, 0.717) is 0 Å². The van der Waals surface area contributed by atoms with Crippen molar-refractivity contribution < 1.29 is 0 Å². The fraction of sp³-hybridized carbons (Fsp3) is 0.238. The summed E-state index contributed by atoms with van der Waals surface area (Å²) in [5.41, 5.74) is 4.08. The van der Waals surface area contributed by atoms with Crippen LogP contribution in [0.2, 0.25) is 0 Å². The lowest BCUT2D eigenvalue weighted by Crippen LogP contribution is -2.31. The molecule has 1 unspecified atom stereocenters. The van der Waals surface area contributed by atoms with Crippen molar-refractivity contribution in [1.29, 1.82) is 0 Å². The molecule has 2 heteroatoms. The van der Waals surface area contributed by atoms with E-state index in [0.717, 1.165) is 19.3 Å². The number of benzene rings is 1. The summed E-state index contributed by atoms with van der Waals surface area (Å²) in [6, 6.07) is 19.3. The maximum absolute atomic E-state index is 4.29. The monoisotopic (exact) mass is 302 g/mol. The summed E-state index contributed by atoms with van der Waals surface area (Å²) >= 11 is 0. The molecule has 0 aliphatic heterocycles. The van der Waals surface area contributed by atoms with Gasteiger partial charge in [0, 0.05) is 30.2 Å². The van der Waals surface area contributed by atoms with Gasteiger partial charge in [0.05, 0.1) is 0 Å². The van der Waals surface area contributed by atoms with Crippen molar-refractivity contribution in [2.75, 3.05) is 0 Å². The average molecular weight is 302 g/mol. The lowest BCUT2D eigenvalue weighted by atomic mass is 9.70. The Morgan fingerprint density at radius 2 is 1.48 bits per heavy atom. The quantitative estimate of drug-likeness (QED) is 0.664. The molecule has 0 N–H and O–H groups in total. The maximum atomic E-state index is 4.29. The van der Waals surface area contributed by atoms with Crippen molar-refractivity contribution in [1.82, 2.24) is 9.97 Å². The fourth-order valence-electron chi connectivity index (χ4n) is 3.30. The van der Waals surface area contributed by atoms with Crippen LogP contribution in [0.1, 0.15) is 30.0 Å². The standard InChI is InChI=1S/C21H22N2/c1-2-21(20-8-4-3-5-9-20,15-18-10-13-22-14-11-18)16-19-7-6-12-23-17-19/h3-14,17H,2,15-16H2,1H3. The third kappa shape index (κ3) is 3.65. The summed E-state index contributed by atoms with van der Waals surface area (Å²) in [7, 11) is 0. The van der Waals surface area contributed by atoms with Gasteiger partial charge in [-0.2, -0.15) is 0 Å². The number of pyridine rings is 2. The number of rotatable bonds is 6. The van der Waals surface area contributed by atoms with Gasteiger partial charge < -0.3 is 0 Å². The summed E-state index contributed by atoms with van der Waals surface area (Å²) in [5.74, 6) is 0. The Morgan fingerprint density at radius 1 is 0.739 bits per heavy atom. The Kier molecular flexibility index (Phi) is 4.82. The molecule has 0 amide bonds. The van der Waals surface area contributed by atoms with Gasteiger partial charge >= 0.3 is 0 Å². The van der Waals surface area contributed by atoms with E-state index >= 15 is 0 Å². The summed E-state index contributed by atoms with van der Waals surface area (Å²) in [4.78, 5) is 8.44. The summed E-state index contributed by atoms with van der Waals surface area (Å²) in [6.07, 6.45) is 10.7. The van der Waals surface area contributed by atoms with Crippen molar-refractivity contribution in [3.8, 4) is 0 Å². The smallest absolute Gasteiger partial charge is 0.0300 e. The van der Waals surface area contributed by atoms with Crippen LogP contribution in [0, 0.1) is 0 Å². The topological polar surface area (TPSA) is 25.8 Å². The van der Waals surface area contributed by atoms with Crippen molar-refractivity contribution in [2.24, 2.45) is 0 Å². The van der Waals surface area contributed by atoms with Gasteiger partial charge in [-0.25, -0.2) is 0 Å². The fourth-order valence-corrected chi connectivity index (χ4v) is 3.30. The molecule has 3 aromatic rings. The van der Waals surface area contributed by atoms with Crippen LogP contribution in [0.3, 0.4) is 0 Å². The molecule has 1 atom stereocenters. The second-order valence-electron chi connectivity index (χ2n) is 6.07. The minimum absolute atomic E-state index is 0.0750. The summed E-state index contributed by atoms with van der Waals surface area (Å²) < 4.78 is 0. The molecule has 3 rings (SSSR count). The van der Waals surface area contributed by atoms with E-state index in [1.54, 1.807) is 0 Å². The zero-order valence-electron chi connectivity index (χ0n) is 13.5. The summed E-state index contributed by atoms with van der Waals surface area (Å²) in [5, 5.41) is 0. The molecular weight excluding hydrogens is 280 g/mol. The first-order valence-electron chi connectivity index (χ1n) is 8.16. The highest BCUT2D eigenvalue weighted by molar-refractivity contribution is 5.32. The Morgan fingerprint density at radius 3 is 2.13 bits per heavy atom. The van der Waals surface area contributed by atoms with Gasteiger partial charge in [-0.05, 0) is 54.2 Å². The molecule has 2 aromatic heterocycles. The van der Waals surface area contributed by atoms with Crippen LogP contribution in [0.5, 0.6) is 0 Å². The zero-order valence-corrected chi connectivity index (χ0v) is 13.5. The first-order valence-corrected chi connectivity index (χ1v) is 8.16. The first kappa shape index (κ1) is 15.4. The Balaban J connectivity index is 2.00. The van der Waals surface area contributed by atoms with Crippen molar-refractivity contribution in [2.45, 2.75) is 31.6 Å².